The van der Waals surface area contributed by atoms with Crippen molar-refractivity contribution in [2.24, 2.45) is 5.84 Å². The molecule has 1 unspecified atom stereocenters. The zero-order valence-electron chi connectivity index (χ0n) is 8.63. The molecule has 1 rings (SSSR count). The Morgan fingerprint density at radius 2 is 2.43 bits per heavy atom. The van der Waals surface area contributed by atoms with Crippen molar-refractivity contribution >= 4 is 0 Å². The molecule has 1 aromatic heterocycles. The van der Waals surface area contributed by atoms with E-state index in [2.05, 4.69) is 24.2 Å². The molecule has 0 aliphatic carbocycles. The lowest BCUT2D eigenvalue weighted by molar-refractivity contribution is 0.491. The van der Waals surface area contributed by atoms with Gasteiger partial charge in [0, 0.05) is 18.4 Å². The summed E-state index contributed by atoms with van der Waals surface area (Å²) in [6.45, 7) is 3.88. The van der Waals surface area contributed by atoms with Crippen LogP contribution in [0, 0.1) is 11.8 Å². The molecule has 0 aliphatic heterocycles. The Bertz CT molecular complexity index is 333. The Hall–Kier alpha value is -1.24. The fourth-order valence-electron chi connectivity index (χ4n) is 1.41. The summed E-state index contributed by atoms with van der Waals surface area (Å²) in [6.07, 6.45) is 3.28. The van der Waals surface area contributed by atoms with Crippen LogP contribution in [0.4, 0.5) is 0 Å². The van der Waals surface area contributed by atoms with Crippen molar-refractivity contribution in [1.82, 2.24) is 5.43 Å². The number of furan rings is 1. The van der Waals surface area contributed by atoms with E-state index in [1.54, 1.807) is 6.26 Å². The zero-order valence-corrected chi connectivity index (χ0v) is 8.63. The van der Waals surface area contributed by atoms with Gasteiger partial charge in [-0.1, -0.05) is 6.92 Å². The van der Waals surface area contributed by atoms with Gasteiger partial charge in [0.25, 0.3) is 0 Å². The lowest BCUT2D eigenvalue weighted by Crippen LogP contribution is -2.28. The molecule has 0 aliphatic rings. The van der Waals surface area contributed by atoms with Crippen LogP contribution < -0.4 is 11.3 Å². The van der Waals surface area contributed by atoms with E-state index in [9.17, 15) is 0 Å². The fourth-order valence-corrected chi connectivity index (χ4v) is 1.41. The van der Waals surface area contributed by atoms with E-state index in [1.807, 2.05) is 13.0 Å². The maximum atomic E-state index is 5.47. The lowest BCUT2D eigenvalue weighted by Gasteiger charge is -2.12. The van der Waals surface area contributed by atoms with Crippen LogP contribution in [-0.4, -0.2) is 0 Å². The van der Waals surface area contributed by atoms with Gasteiger partial charge in [0.2, 0.25) is 0 Å². The van der Waals surface area contributed by atoms with Gasteiger partial charge >= 0.3 is 0 Å². The van der Waals surface area contributed by atoms with Gasteiger partial charge in [-0.2, -0.15) is 0 Å². The molecular weight excluding hydrogens is 176 g/mol. The molecule has 14 heavy (non-hydrogen) atoms. The van der Waals surface area contributed by atoms with Gasteiger partial charge in [0.1, 0.15) is 5.76 Å². The maximum Gasteiger partial charge on any atom is 0.108 e. The molecule has 0 spiro atoms. The van der Waals surface area contributed by atoms with E-state index >= 15 is 0 Å². The van der Waals surface area contributed by atoms with Crippen molar-refractivity contribution in [2.45, 2.75) is 32.7 Å². The quantitative estimate of drug-likeness (QED) is 0.434. The van der Waals surface area contributed by atoms with Crippen LogP contribution in [0.2, 0.25) is 0 Å². The van der Waals surface area contributed by atoms with E-state index in [0.29, 0.717) is 6.42 Å². The second-order valence-corrected chi connectivity index (χ2v) is 3.00. The molecule has 0 fully saturated rings. The predicted molar refractivity (Wildman–Crippen MR) is 56.2 cm³/mol. The molecule has 0 bridgehead atoms. The largest absolute Gasteiger partial charge is 0.469 e. The van der Waals surface area contributed by atoms with Gasteiger partial charge in [0.15, 0.2) is 0 Å². The number of nitrogens with two attached hydrogens (primary N) is 1. The molecule has 3 N–H and O–H groups in total. The molecule has 1 aromatic rings. The lowest BCUT2D eigenvalue weighted by atomic mass is 10.0. The summed E-state index contributed by atoms with van der Waals surface area (Å²) in [5.41, 5.74) is 3.86. The molecule has 3 nitrogen and oxygen atoms in total. The predicted octanol–water partition coefficient (Wildman–Crippen LogP) is 1.76. The van der Waals surface area contributed by atoms with E-state index in [4.69, 9.17) is 10.3 Å². The van der Waals surface area contributed by atoms with Gasteiger partial charge in [-0.25, -0.2) is 0 Å². The Morgan fingerprint density at radius 1 is 1.64 bits per heavy atom. The first-order chi connectivity index (χ1) is 6.83. The Balaban J connectivity index is 2.80. The Morgan fingerprint density at radius 3 is 3.00 bits per heavy atom. The van der Waals surface area contributed by atoms with Crippen molar-refractivity contribution in [3.8, 4) is 11.8 Å². The first-order valence-electron chi connectivity index (χ1n) is 4.75. The third-order valence-electron chi connectivity index (χ3n) is 2.16. The van der Waals surface area contributed by atoms with Gasteiger partial charge in [-0.15, -0.1) is 11.8 Å². The highest BCUT2D eigenvalue weighted by Gasteiger charge is 2.14. The molecule has 3 heteroatoms. The third-order valence-corrected chi connectivity index (χ3v) is 2.16. The summed E-state index contributed by atoms with van der Waals surface area (Å²) in [5.74, 6) is 12.3. The highest BCUT2D eigenvalue weighted by atomic mass is 16.3. The minimum absolute atomic E-state index is 0.0659. The molecule has 0 amide bonds. The molecule has 0 saturated heterocycles. The smallest absolute Gasteiger partial charge is 0.108 e. The zero-order chi connectivity index (χ0) is 10.4. The molecule has 0 radical (unpaired) electrons. The van der Waals surface area contributed by atoms with Crippen molar-refractivity contribution in [3.63, 3.8) is 0 Å². The molecule has 1 heterocycles. The van der Waals surface area contributed by atoms with Gasteiger partial charge in [-0.05, 0) is 13.0 Å². The molecule has 0 aromatic carbocycles. The van der Waals surface area contributed by atoms with Crippen LogP contribution in [0.3, 0.4) is 0 Å². The van der Waals surface area contributed by atoms with Crippen molar-refractivity contribution in [3.05, 3.63) is 23.7 Å². The summed E-state index contributed by atoms with van der Waals surface area (Å²) >= 11 is 0. The topological polar surface area (TPSA) is 51.2 Å². The summed E-state index contributed by atoms with van der Waals surface area (Å²) in [6, 6.07) is 2.01. The third kappa shape index (κ3) is 2.38. The van der Waals surface area contributed by atoms with E-state index < -0.39 is 0 Å². The monoisotopic (exact) mass is 192 g/mol. The van der Waals surface area contributed by atoms with Gasteiger partial charge in [-0.3, -0.25) is 11.3 Å². The molecule has 1 atom stereocenters. The normalized spacial score (nSPS) is 11.9. The number of aryl methyl sites for hydroxylation is 1. The van der Waals surface area contributed by atoms with Crippen molar-refractivity contribution < 1.29 is 4.42 Å². The average Bonchev–Trinajstić information content (AvgIpc) is 2.67. The minimum Gasteiger partial charge on any atom is -0.469 e. The fraction of sp³-hybridized carbons (Fsp3) is 0.455. The first kappa shape index (κ1) is 10.8. The Kier molecular flexibility index (Phi) is 4.24. The summed E-state index contributed by atoms with van der Waals surface area (Å²) in [5, 5.41) is 0. The number of hydrogen-bond donors (Lipinski definition) is 2. The van der Waals surface area contributed by atoms with Crippen LogP contribution in [0.25, 0.3) is 0 Å². The van der Waals surface area contributed by atoms with Gasteiger partial charge < -0.3 is 4.42 Å². The van der Waals surface area contributed by atoms with Crippen LogP contribution in [0.15, 0.2) is 16.7 Å². The first-order valence-corrected chi connectivity index (χ1v) is 4.75. The van der Waals surface area contributed by atoms with Crippen LogP contribution >= 0.6 is 0 Å². The Labute approximate surface area is 84.6 Å². The number of hydrazine groups is 1. The molecule has 0 saturated carbocycles. The maximum absolute atomic E-state index is 5.47. The summed E-state index contributed by atoms with van der Waals surface area (Å²) < 4.78 is 5.33. The molecule has 76 valence electrons. The molecular formula is C11H16N2O. The van der Waals surface area contributed by atoms with E-state index in [-0.39, 0.29) is 6.04 Å². The van der Waals surface area contributed by atoms with Crippen molar-refractivity contribution in [1.29, 1.82) is 0 Å². The summed E-state index contributed by atoms with van der Waals surface area (Å²) in [4.78, 5) is 0. The standard InChI is InChI=1S/C11H16N2O/c1-3-5-6-10(13-12)9-7-8-14-11(9)4-2/h7-8,10,13H,4,6,12H2,1-2H3. The van der Waals surface area contributed by atoms with Gasteiger partial charge in [0.05, 0.1) is 12.3 Å². The van der Waals surface area contributed by atoms with E-state index in [0.717, 1.165) is 17.7 Å². The second-order valence-electron chi connectivity index (χ2n) is 3.00. The van der Waals surface area contributed by atoms with E-state index in [1.165, 1.54) is 0 Å². The number of rotatable bonds is 4. The van der Waals surface area contributed by atoms with Crippen LogP contribution in [0.5, 0.6) is 0 Å². The average molecular weight is 192 g/mol. The van der Waals surface area contributed by atoms with Crippen LogP contribution in [0.1, 0.15) is 37.6 Å². The SMILES string of the molecule is CC#CCC(NN)c1ccoc1CC. The summed E-state index contributed by atoms with van der Waals surface area (Å²) in [7, 11) is 0. The highest BCUT2D eigenvalue weighted by Crippen LogP contribution is 2.21. The number of hydrogen-bond acceptors (Lipinski definition) is 3. The number of nitrogens with one attached hydrogen (secondary N) is 1. The second kappa shape index (κ2) is 5.48. The minimum atomic E-state index is 0.0659. The van der Waals surface area contributed by atoms with Crippen LogP contribution in [-0.2, 0) is 6.42 Å². The van der Waals surface area contributed by atoms with Crippen molar-refractivity contribution in [2.75, 3.05) is 0 Å². The highest BCUT2D eigenvalue weighted by molar-refractivity contribution is 5.23.